The highest BCUT2D eigenvalue weighted by Gasteiger charge is 2.34. The van der Waals surface area contributed by atoms with Crippen molar-refractivity contribution >= 4 is 55.6 Å². The van der Waals surface area contributed by atoms with Crippen molar-refractivity contribution in [3.8, 4) is 5.82 Å². The van der Waals surface area contributed by atoms with Crippen molar-refractivity contribution in [2.45, 2.75) is 17.2 Å². The van der Waals surface area contributed by atoms with E-state index in [0.717, 1.165) is 22.3 Å². The summed E-state index contributed by atoms with van der Waals surface area (Å²) in [5.41, 5.74) is 2.23. The zero-order chi connectivity index (χ0) is 23.0. The largest absolute Gasteiger partial charge is 0.479 e. The lowest BCUT2D eigenvalue weighted by molar-refractivity contribution is -0.135. The minimum Gasteiger partial charge on any atom is -0.479 e. The molecule has 0 fully saturated rings. The number of halogens is 2. The van der Waals surface area contributed by atoms with E-state index in [1.54, 1.807) is 24.4 Å². The average molecular weight is 490 g/mol. The second-order valence-corrected chi connectivity index (χ2v) is 10.1. The summed E-state index contributed by atoms with van der Waals surface area (Å²) in [7, 11) is -4.33. The summed E-state index contributed by atoms with van der Waals surface area (Å²) in [5.74, 6) is -0.813. The van der Waals surface area contributed by atoms with Gasteiger partial charge in [-0.05, 0) is 67.1 Å². The summed E-state index contributed by atoms with van der Waals surface area (Å²) < 4.78 is 27.9. The van der Waals surface area contributed by atoms with Crippen LogP contribution in [0.15, 0.2) is 71.9 Å². The molecule has 0 bridgehead atoms. The first kappa shape index (κ1) is 22.1. The van der Waals surface area contributed by atoms with Crippen molar-refractivity contribution in [2.75, 3.05) is 5.32 Å². The number of anilines is 1. The predicted molar refractivity (Wildman–Crippen MR) is 125 cm³/mol. The molecule has 0 aliphatic heterocycles. The highest BCUT2D eigenvalue weighted by Crippen LogP contribution is 2.28. The van der Waals surface area contributed by atoms with Gasteiger partial charge in [0.05, 0.1) is 10.4 Å². The van der Waals surface area contributed by atoms with Crippen molar-refractivity contribution in [3.05, 3.63) is 82.6 Å². The normalized spacial score (nSPS) is 12.6. The fourth-order valence-corrected chi connectivity index (χ4v) is 5.40. The van der Waals surface area contributed by atoms with Crippen LogP contribution < -0.4 is 5.32 Å². The predicted octanol–water partition coefficient (Wildman–Crippen LogP) is 4.94. The Kier molecular flexibility index (Phi) is 5.85. The van der Waals surface area contributed by atoms with E-state index < -0.39 is 21.2 Å². The average Bonchev–Trinajstić information content (AvgIpc) is 3.14. The van der Waals surface area contributed by atoms with Gasteiger partial charge in [-0.25, -0.2) is 18.2 Å². The SMILES string of the molecule is Cc1ccnc(-n2ccc3cc(NC(C(=O)O)S(=O)(=O)c4cc(Cl)cc(Cl)c4)ccc32)c1. The quantitative estimate of drug-likeness (QED) is 0.397. The van der Waals surface area contributed by atoms with Crippen LogP contribution in [0.3, 0.4) is 0 Å². The fraction of sp³-hybridized carbons (Fsp3) is 0.0909. The van der Waals surface area contributed by atoms with Crippen LogP contribution in [-0.2, 0) is 14.6 Å². The molecule has 0 aliphatic carbocycles. The van der Waals surface area contributed by atoms with E-state index >= 15 is 0 Å². The summed E-state index contributed by atoms with van der Waals surface area (Å²) in [6.07, 6.45) is 3.56. The van der Waals surface area contributed by atoms with Gasteiger partial charge >= 0.3 is 5.97 Å². The lowest BCUT2D eigenvalue weighted by Crippen LogP contribution is -2.37. The standard InChI is InChI=1S/C22H17Cl2N3O4S/c1-13-4-6-25-20(8-13)27-7-5-14-9-17(2-3-19(14)27)26-21(22(28)29)32(30,31)18-11-15(23)10-16(24)12-18/h2-12,21,26H,1H3,(H,28,29). The van der Waals surface area contributed by atoms with E-state index in [0.29, 0.717) is 5.69 Å². The first-order valence-corrected chi connectivity index (χ1v) is 11.7. The highest BCUT2D eigenvalue weighted by atomic mass is 35.5. The van der Waals surface area contributed by atoms with Gasteiger partial charge in [0.2, 0.25) is 15.2 Å². The number of aryl methyl sites for hydroxylation is 1. The number of carbonyl (C=O) groups is 1. The molecule has 1 unspecified atom stereocenters. The number of nitrogens with one attached hydrogen (secondary N) is 1. The van der Waals surface area contributed by atoms with Crippen molar-refractivity contribution in [3.63, 3.8) is 0 Å². The van der Waals surface area contributed by atoms with Gasteiger partial charge < -0.3 is 15.0 Å². The summed E-state index contributed by atoms with van der Waals surface area (Å²) in [4.78, 5) is 15.9. The highest BCUT2D eigenvalue weighted by molar-refractivity contribution is 7.93. The molecule has 164 valence electrons. The molecule has 2 aromatic carbocycles. The van der Waals surface area contributed by atoms with Crippen LogP contribution in [0.2, 0.25) is 10.0 Å². The maximum atomic E-state index is 13.0. The number of pyridine rings is 1. The molecule has 0 aliphatic rings. The number of sulfone groups is 1. The molecule has 0 amide bonds. The Hall–Kier alpha value is -3.07. The number of nitrogens with zero attached hydrogens (tertiary/aromatic N) is 2. The number of fused-ring (bicyclic) bond motifs is 1. The molecule has 10 heteroatoms. The van der Waals surface area contributed by atoms with Gasteiger partial charge in [0.25, 0.3) is 0 Å². The second-order valence-electron chi connectivity index (χ2n) is 7.16. The van der Waals surface area contributed by atoms with Crippen LogP contribution >= 0.6 is 23.2 Å². The second kappa shape index (κ2) is 8.46. The summed E-state index contributed by atoms with van der Waals surface area (Å²) in [6.45, 7) is 1.97. The molecule has 7 nitrogen and oxygen atoms in total. The zero-order valence-electron chi connectivity index (χ0n) is 16.7. The number of aliphatic carboxylic acids is 1. The number of aromatic nitrogens is 2. The third-order valence-electron chi connectivity index (χ3n) is 4.84. The molecule has 32 heavy (non-hydrogen) atoms. The maximum Gasteiger partial charge on any atom is 0.342 e. The Morgan fingerprint density at radius 1 is 1.06 bits per heavy atom. The van der Waals surface area contributed by atoms with Crippen LogP contribution in [-0.4, -0.2) is 34.4 Å². The number of hydrogen-bond donors (Lipinski definition) is 2. The van der Waals surface area contributed by atoms with Crippen LogP contribution in [0, 0.1) is 6.92 Å². The smallest absolute Gasteiger partial charge is 0.342 e. The molecule has 0 spiro atoms. The number of carboxylic acid groups (broad SMARTS) is 1. The molecule has 4 aromatic rings. The Bertz CT molecular complexity index is 1430. The van der Waals surface area contributed by atoms with Crippen molar-refractivity contribution in [1.82, 2.24) is 9.55 Å². The van der Waals surface area contributed by atoms with Crippen LogP contribution in [0.25, 0.3) is 16.7 Å². The van der Waals surface area contributed by atoms with E-state index in [-0.39, 0.29) is 14.9 Å². The molecule has 1 atom stereocenters. The molecule has 0 radical (unpaired) electrons. The molecular weight excluding hydrogens is 473 g/mol. The Morgan fingerprint density at radius 3 is 2.44 bits per heavy atom. The van der Waals surface area contributed by atoms with Crippen LogP contribution in [0.5, 0.6) is 0 Å². The maximum absolute atomic E-state index is 13.0. The third-order valence-corrected chi connectivity index (χ3v) is 7.10. The summed E-state index contributed by atoms with van der Waals surface area (Å²) >= 11 is 11.8. The molecule has 2 heterocycles. The van der Waals surface area contributed by atoms with Gasteiger partial charge in [-0.2, -0.15) is 0 Å². The van der Waals surface area contributed by atoms with Crippen molar-refractivity contribution in [2.24, 2.45) is 0 Å². The number of benzene rings is 2. The van der Waals surface area contributed by atoms with Gasteiger partial charge in [-0.15, -0.1) is 0 Å². The van der Waals surface area contributed by atoms with E-state index in [1.807, 2.05) is 35.9 Å². The van der Waals surface area contributed by atoms with Crippen molar-refractivity contribution in [1.29, 1.82) is 0 Å². The topological polar surface area (TPSA) is 101 Å². The first-order chi connectivity index (χ1) is 15.1. The Labute approximate surface area is 194 Å². The molecular formula is C22H17Cl2N3O4S. The Morgan fingerprint density at radius 2 is 1.78 bits per heavy atom. The zero-order valence-corrected chi connectivity index (χ0v) is 19.0. The third kappa shape index (κ3) is 4.29. The number of rotatable bonds is 6. The van der Waals surface area contributed by atoms with Crippen LogP contribution in [0.4, 0.5) is 5.69 Å². The number of carboxylic acids is 1. The summed E-state index contributed by atoms with van der Waals surface area (Å²) in [6, 6.07) is 14.4. The van der Waals surface area contributed by atoms with E-state index in [4.69, 9.17) is 23.2 Å². The molecule has 2 aromatic heterocycles. The number of hydrogen-bond acceptors (Lipinski definition) is 5. The van der Waals surface area contributed by atoms with E-state index in [9.17, 15) is 18.3 Å². The lowest BCUT2D eigenvalue weighted by Gasteiger charge is -2.17. The Balaban J connectivity index is 1.69. The molecule has 2 N–H and O–H groups in total. The summed E-state index contributed by atoms with van der Waals surface area (Å²) in [5, 5.41) is 11.3. The van der Waals surface area contributed by atoms with Gasteiger partial charge in [0.1, 0.15) is 5.82 Å². The van der Waals surface area contributed by atoms with Gasteiger partial charge in [-0.3, -0.25) is 0 Å². The fourth-order valence-electron chi connectivity index (χ4n) is 3.34. The first-order valence-electron chi connectivity index (χ1n) is 9.38. The minimum atomic E-state index is -4.33. The monoisotopic (exact) mass is 489 g/mol. The van der Waals surface area contributed by atoms with Gasteiger partial charge in [0.15, 0.2) is 0 Å². The van der Waals surface area contributed by atoms with Crippen LogP contribution in [0.1, 0.15) is 5.56 Å². The lowest BCUT2D eigenvalue weighted by atomic mass is 10.2. The van der Waals surface area contributed by atoms with Gasteiger partial charge in [0, 0.05) is 33.5 Å². The minimum absolute atomic E-state index is 0.0905. The molecule has 0 saturated carbocycles. The van der Waals surface area contributed by atoms with Gasteiger partial charge in [-0.1, -0.05) is 23.2 Å². The molecule has 0 saturated heterocycles. The van der Waals surface area contributed by atoms with E-state index in [2.05, 4.69) is 10.3 Å². The van der Waals surface area contributed by atoms with Crippen molar-refractivity contribution < 1.29 is 18.3 Å². The van der Waals surface area contributed by atoms with E-state index in [1.165, 1.54) is 18.2 Å². The molecule has 4 rings (SSSR count).